The largest absolute Gasteiger partial charge is 0.490 e. The summed E-state index contributed by atoms with van der Waals surface area (Å²) in [7, 11) is 1.21. The van der Waals surface area contributed by atoms with E-state index < -0.39 is 11.8 Å². The summed E-state index contributed by atoms with van der Waals surface area (Å²) < 4.78 is 23.0. The summed E-state index contributed by atoms with van der Waals surface area (Å²) in [6.07, 6.45) is 0. The van der Waals surface area contributed by atoms with Crippen LogP contribution in [0.3, 0.4) is 0 Å². The van der Waals surface area contributed by atoms with Crippen molar-refractivity contribution in [2.75, 3.05) is 13.7 Å². The number of hydrogen-bond acceptors (Lipinski definition) is 3. The molecular formula is C10H10ClFO3. The number of ether oxygens (including phenoxy) is 2. The number of esters is 1. The Hall–Kier alpha value is -1.29. The van der Waals surface area contributed by atoms with Gasteiger partial charge in [0.1, 0.15) is 5.56 Å². The molecule has 0 aliphatic rings. The number of methoxy groups -OCH3 is 1. The van der Waals surface area contributed by atoms with Gasteiger partial charge in [0.25, 0.3) is 0 Å². The van der Waals surface area contributed by atoms with Crippen LogP contribution in [0, 0.1) is 5.82 Å². The van der Waals surface area contributed by atoms with Crippen molar-refractivity contribution in [1.82, 2.24) is 0 Å². The standard InChI is InChI=1S/C10H10ClFO3/c1-3-15-9-6(10(13)14-2)4-5-7(11)8(9)12/h4-5H,3H2,1-2H3. The second-order valence-electron chi connectivity index (χ2n) is 2.66. The third-order valence-electron chi connectivity index (χ3n) is 1.74. The van der Waals surface area contributed by atoms with Crippen LogP contribution < -0.4 is 4.74 Å². The van der Waals surface area contributed by atoms with Gasteiger partial charge in [-0.2, -0.15) is 0 Å². The van der Waals surface area contributed by atoms with E-state index in [1.54, 1.807) is 6.92 Å². The van der Waals surface area contributed by atoms with Gasteiger partial charge in [-0.15, -0.1) is 0 Å². The van der Waals surface area contributed by atoms with Gasteiger partial charge in [-0.3, -0.25) is 0 Å². The molecule has 0 N–H and O–H groups in total. The van der Waals surface area contributed by atoms with Gasteiger partial charge in [0.15, 0.2) is 11.6 Å². The van der Waals surface area contributed by atoms with Crippen LogP contribution in [0.2, 0.25) is 5.02 Å². The molecule has 0 heterocycles. The zero-order valence-corrected chi connectivity index (χ0v) is 9.10. The third kappa shape index (κ3) is 2.39. The number of carbonyl (C=O) groups excluding carboxylic acids is 1. The van der Waals surface area contributed by atoms with E-state index in [1.165, 1.54) is 19.2 Å². The Morgan fingerprint density at radius 2 is 2.20 bits per heavy atom. The molecule has 3 nitrogen and oxygen atoms in total. The minimum absolute atomic E-state index is 0.0289. The van der Waals surface area contributed by atoms with Gasteiger partial charge in [-0.25, -0.2) is 9.18 Å². The van der Waals surface area contributed by atoms with Crippen LogP contribution in [-0.4, -0.2) is 19.7 Å². The lowest BCUT2D eigenvalue weighted by molar-refractivity contribution is 0.0595. The highest BCUT2D eigenvalue weighted by Crippen LogP contribution is 2.29. The SMILES string of the molecule is CCOc1c(C(=O)OC)ccc(Cl)c1F. The van der Waals surface area contributed by atoms with Gasteiger partial charge in [-0.05, 0) is 19.1 Å². The molecule has 0 atom stereocenters. The average molecular weight is 233 g/mol. The molecule has 0 saturated carbocycles. The van der Waals surface area contributed by atoms with Crippen LogP contribution in [-0.2, 0) is 4.74 Å². The maximum Gasteiger partial charge on any atom is 0.341 e. The van der Waals surface area contributed by atoms with Crippen molar-refractivity contribution in [2.45, 2.75) is 6.92 Å². The lowest BCUT2D eigenvalue weighted by Gasteiger charge is -2.10. The predicted octanol–water partition coefficient (Wildman–Crippen LogP) is 2.66. The van der Waals surface area contributed by atoms with E-state index in [0.29, 0.717) is 0 Å². The summed E-state index contributed by atoms with van der Waals surface area (Å²) in [5, 5.41) is -0.0916. The maximum absolute atomic E-state index is 13.5. The zero-order chi connectivity index (χ0) is 11.4. The molecule has 0 amide bonds. The fourth-order valence-electron chi connectivity index (χ4n) is 1.09. The summed E-state index contributed by atoms with van der Waals surface area (Å²) in [5.41, 5.74) is 0.0289. The Morgan fingerprint density at radius 3 is 2.73 bits per heavy atom. The van der Waals surface area contributed by atoms with Gasteiger partial charge in [0.05, 0.1) is 18.7 Å². The Bertz CT molecular complexity index is 379. The van der Waals surface area contributed by atoms with E-state index in [4.69, 9.17) is 16.3 Å². The van der Waals surface area contributed by atoms with Crippen molar-refractivity contribution < 1.29 is 18.7 Å². The smallest absolute Gasteiger partial charge is 0.341 e. The summed E-state index contributed by atoms with van der Waals surface area (Å²) >= 11 is 5.56. The van der Waals surface area contributed by atoms with E-state index in [1.807, 2.05) is 0 Å². The minimum Gasteiger partial charge on any atom is -0.490 e. The second kappa shape index (κ2) is 4.98. The normalized spacial score (nSPS) is 9.87. The van der Waals surface area contributed by atoms with Gasteiger partial charge < -0.3 is 9.47 Å². The van der Waals surface area contributed by atoms with Gasteiger partial charge in [0, 0.05) is 0 Å². The van der Waals surface area contributed by atoms with Crippen LogP contribution in [0.15, 0.2) is 12.1 Å². The van der Waals surface area contributed by atoms with Crippen molar-refractivity contribution in [3.8, 4) is 5.75 Å². The Balaban J connectivity index is 3.26. The van der Waals surface area contributed by atoms with E-state index in [-0.39, 0.29) is 22.9 Å². The first-order chi connectivity index (χ1) is 7.11. The molecule has 1 aromatic carbocycles. The summed E-state index contributed by atoms with van der Waals surface area (Å²) in [6, 6.07) is 2.65. The summed E-state index contributed by atoms with van der Waals surface area (Å²) in [6.45, 7) is 1.92. The Labute approximate surface area is 91.7 Å². The summed E-state index contributed by atoms with van der Waals surface area (Å²) in [4.78, 5) is 11.3. The highest BCUT2D eigenvalue weighted by Gasteiger charge is 2.19. The van der Waals surface area contributed by atoms with Crippen LogP contribution in [0.4, 0.5) is 4.39 Å². The first-order valence-electron chi connectivity index (χ1n) is 4.31. The highest BCUT2D eigenvalue weighted by molar-refractivity contribution is 6.31. The van der Waals surface area contributed by atoms with Crippen LogP contribution >= 0.6 is 11.6 Å². The van der Waals surface area contributed by atoms with E-state index >= 15 is 0 Å². The predicted molar refractivity (Wildman–Crippen MR) is 53.9 cm³/mol. The number of hydrogen-bond donors (Lipinski definition) is 0. The molecule has 1 rings (SSSR count). The fraction of sp³-hybridized carbons (Fsp3) is 0.300. The molecule has 0 aliphatic heterocycles. The molecule has 0 aliphatic carbocycles. The first-order valence-corrected chi connectivity index (χ1v) is 4.68. The zero-order valence-electron chi connectivity index (χ0n) is 8.34. The van der Waals surface area contributed by atoms with Crippen LogP contribution in [0.1, 0.15) is 17.3 Å². The van der Waals surface area contributed by atoms with Gasteiger partial charge in [-0.1, -0.05) is 11.6 Å². The van der Waals surface area contributed by atoms with Crippen molar-refractivity contribution in [1.29, 1.82) is 0 Å². The van der Waals surface area contributed by atoms with E-state index in [9.17, 15) is 9.18 Å². The van der Waals surface area contributed by atoms with Crippen LogP contribution in [0.25, 0.3) is 0 Å². The van der Waals surface area contributed by atoms with Crippen molar-refractivity contribution in [2.24, 2.45) is 0 Å². The Morgan fingerprint density at radius 1 is 1.53 bits per heavy atom. The molecular weight excluding hydrogens is 223 g/mol. The number of benzene rings is 1. The van der Waals surface area contributed by atoms with E-state index in [0.717, 1.165) is 0 Å². The van der Waals surface area contributed by atoms with Crippen molar-refractivity contribution in [3.63, 3.8) is 0 Å². The van der Waals surface area contributed by atoms with Crippen molar-refractivity contribution >= 4 is 17.6 Å². The molecule has 0 fully saturated rings. The minimum atomic E-state index is -0.749. The molecule has 0 radical (unpaired) electrons. The molecule has 1 aromatic rings. The molecule has 0 bridgehead atoms. The van der Waals surface area contributed by atoms with Gasteiger partial charge >= 0.3 is 5.97 Å². The lowest BCUT2D eigenvalue weighted by atomic mass is 10.2. The fourth-order valence-corrected chi connectivity index (χ4v) is 1.24. The number of rotatable bonds is 3. The third-order valence-corrected chi connectivity index (χ3v) is 2.04. The first kappa shape index (κ1) is 11.8. The summed E-state index contributed by atoms with van der Waals surface area (Å²) in [5.74, 6) is -1.58. The second-order valence-corrected chi connectivity index (χ2v) is 3.07. The lowest BCUT2D eigenvalue weighted by Crippen LogP contribution is -2.07. The average Bonchev–Trinajstić information content (AvgIpc) is 2.24. The molecule has 0 spiro atoms. The van der Waals surface area contributed by atoms with Gasteiger partial charge in [0.2, 0.25) is 0 Å². The molecule has 0 saturated heterocycles. The molecule has 0 aromatic heterocycles. The molecule has 5 heteroatoms. The maximum atomic E-state index is 13.5. The number of halogens is 2. The van der Waals surface area contributed by atoms with Crippen LogP contribution in [0.5, 0.6) is 5.75 Å². The Kier molecular flexibility index (Phi) is 3.91. The number of carbonyl (C=O) groups is 1. The molecule has 15 heavy (non-hydrogen) atoms. The highest BCUT2D eigenvalue weighted by atomic mass is 35.5. The topological polar surface area (TPSA) is 35.5 Å². The molecule has 0 unspecified atom stereocenters. The monoisotopic (exact) mass is 232 g/mol. The molecule has 82 valence electrons. The van der Waals surface area contributed by atoms with Crippen molar-refractivity contribution in [3.05, 3.63) is 28.5 Å². The van der Waals surface area contributed by atoms with E-state index in [2.05, 4.69) is 4.74 Å². The quantitative estimate of drug-likeness (QED) is 0.752.